The Labute approximate surface area is 113 Å². The van der Waals surface area contributed by atoms with Gasteiger partial charge < -0.3 is 10.4 Å². The van der Waals surface area contributed by atoms with Gasteiger partial charge in [0.2, 0.25) is 5.91 Å². The van der Waals surface area contributed by atoms with Crippen molar-refractivity contribution in [3.05, 3.63) is 35.9 Å². The average molecular weight is 263 g/mol. The van der Waals surface area contributed by atoms with E-state index >= 15 is 0 Å². The largest absolute Gasteiger partial charge is 0.383 e. The summed E-state index contributed by atoms with van der Waals surface area (Å²) in [5, 5.41) is 12.1. The van der Waals surface area contributed by atoms with Crippen LogP contribution in [0.4, 0.5) is 0 Å². The molecule has 4 nitrogen and oxygen atoms in total. The van der Waals surface area contributed by atoms with Crippen LogP contribution in [0.25, 0.3) is 0 Å². The standard InChI is InChI=1S/C15H21NO3/c1-2-3-9-14(18)15(19)16-11-10-13(17)12-7-5-4-6-8-12/h4-8,14,18H,2-3,9-11H2,1H3,(H,16,19). The molecule has 0 aliphatic carbocycles. The zero-order valence-electron chi connectivity index (χ0n) is 11.3. The highest BCUT2D eigenvalue weighted by Gasteiger charge is 2.14. The number of benzene rings is 1. The normalized spacial score (nSPS) is 11.9. The second-order valence-corrected chi connectivity index (χ2v) is 4.49. The van der Waals surface area contributed by atoms with Gasteiger partial charge >= 0.3 is 0 Å². The van der Waals surface area contributed by atoms with E-state index in [1.807, 2.05) is 13.0 Å². The number of ketones is 1. The van der Waals surface area contributed by atoms with E-state index in [0.717, 1.165) is 12.8 Å². The highest BCUT2D eigenvalue weighted by atomic mass is 16.3. The lowest BCUT2D eigenvalue weighted by molar-refractivity contribution is -0.129. The van der Waals surface area contributed by atoms with Crippen LogP contribution in [0, 0.1) is 0 Å². The average Bonchev–Trinajstić information content (AvgIpc) is 2.45. The third kappa shape index (κ3) is 5.66. The van der Waals surface area contributed by atoms with E-state index in [0.29, 0.717) is 12.0 Å². The molecule has 19 heavy (non-hydrogen) atoms. The van der Waals surface area contributed by atoms with E-state index in [9.17, 15) is 14.7 Å². The van der Waals surface area contributed by atoms with Gasteiger partial charge in [-0.05, 0) is 6.42 Å². The van der Waals surface area contributed by atoms with Crippen LogP contribution in [-0.4, -0.2) is 29.4 Å². The van der Waals surface area contributed by atoms with Crippen molar-refractivity contribution in [3.63, 3.8) is 0 Å². The zero-order valence-corrected chi connectivity index (χ0v) is 11.3. The monoisotopic (exact) mass is 263 g/mol. The quantitative estimate of drug-likeness (QED) is 0.704. The number of amides is 1. The summed E-state index contributed by atoms with van der Waals surface area (Å²) in [5.41, 5.74) is 0.642. The predicted octanol–water partition coefficient (Wildman–Crippen LogP) is 1.93. The highest BCUT2D eigenvalue weighted by Crippen LogP contribution is 2.03. The molecule has 1 amide bonds. The van der Waals surface area contributed by atoms with Crippen molar-refractivity contribution in [2.45, 2.75) is 38.7 Å². The molecule has 0 heterocycles. The number of carbonyl (C=O) groups is 2. The number of aliphatic hydroxyl groups is 1. The molecule has 0 saturated heterocycles. The van der Waals surface area contributed by atoms with Crippen LogP contribution in [0.1, 0.15) is 43.0 Å². The SMILES string of the molecule is CCCCC(O)C(=O)NCCC(=O)c1ccccc1. The van der Waals surface area contributed by atoms with Gasteiger partial charge in [-0.3, -0.25) is 9.59 Å². The Kier molecular flexibility index (Phi) is 6.82. The molecule has 4 heteroatoms. The molecule has 0 aliphatic heterocycles. The summed E-state index contributed by atoms with van der Waals surface area (Å²) in [6, 6.07) is 8.96. The number of rotatable bonds is 8. The predicted molar refractivity (Wildman–Crippen MR) is 73.9 cm³/mol. The third-order valence-corrected chi connectivity index (χ3v) is 2.88. The topological polar surface area (TPSA) is 66.4 Å². The van der Waals surface area contributed by atoms with Crippen LogP contribution in [0.15, 0.2) is 30.3 Å². The number of unbranched alkanes of at least 4 members (excludes halogenated alkanes) is 1. The Morgan fingerprint density at radius 2 is 1.95 bits per heavy atom. The smallest absolute Gasteiger partial charge is 0.248 e. The molecule has 1 aromatic carbocycles. The van der Waals surface area contributed by atoms with E-state index < -0.39 is 12.0 Å². The molecule has 0 bridgehead atoms. The number of aliphatic hydroxyl groups excluding tert-OH is 1. The maximum absolute atomic E-state index is 11.8. The molecular formula is C15H21NO3. The lowest BCUT2D eigenvalue weighted by atomic mass is 10.1. The summed E-state index contributed by atoms with van der Waals surface area (Å²) in [5.74, 6) is -0.404. The van der Waals surface area contributed by atoms with Crippen LogP contribution < -0.4 is 5.32 Å². The third-order valence-electron chi connectivity index (χ3n) is 2.88. The minimum absolute atomic E-state index is 0.0102. The number of carbonyl (C=O) groups excluding carboxylic acids is 2. The van der Waals surface area contributed by atoms with Crippen LogP contribution in [0.3, 0.4) is 0 Å². The molecule has 104 valence electrons. The van der Waals surface area contributed by atoms with Gasteiger partial charge in [0.1, 0.15) is 6.10 Å². The van der Waals surface area contributed by atoms with Gasteiger partial charge in [0.25, 0.3) is 0 Å². The lowest BCUT2D eigenvalue weighted by Crippen LogP contribution is -2.35. The molecule has 0 saturated carbocycles. The molecule has 0 aromatic heterocycles. The van der Waals surface area contributed by atoms with Crippen molar-refractivity contribution >= 4 is 11.7 Å². The molecule has 1 rings (SSSR count). The van der Waals surface area contributed by atoms with Crippen molar-refractivity contribution in [2.75, 3.05) is 6.54 Å². The van der Waals surface area contributed by atoms with E-state index in [1.54, 1.807) is 24.3 Å². The van der Waals surface area contributed by atoms with E-state index in [-0.39, 0.29) is 18.7 Å². The van der Waals surface area contributed by atoms with Crippen LogP contribution in [-0.2, 0) is 4.79 Å². The Hall–Kier alpha value is -1.68. The van der Waals surface area contributed by atoms with E-state index in [4.69, 9.17) is 0 Å². The number of Topliss-reactive ketones (excluding diaryl/α,β-unsaturated/α-hetero) is 1. The second-order valence-electron chi connectivity index (χ2n) is 4.49. The minimum atomic E-state index is -0.966. The highest BCUT2D eigenvalue weighted by molar-refractivity contribution is 5.96. The first-order valence-corrected chi connectivity index (χ1v) is 6.69. The first-order chi connectivity index (χ1) is 9.15. The maximum Gasteiger partial charge on any atom is 0.248 e. The van der Waals surface area contributed by atoms with Crippen molar-refractivity contribution in [1.29, 1.82) is 0 Å². The van der Waals surface area contributed by atoms with Crippen molar-refractivity contribution in [2.24, 2.45) is 0 Å². The fourth-order valence-corrected chi connectivity index (χ4v) is 1.71. The molecule has 1 atom stereocenters. The number of hydrogen-bond donors (Lipinski definition) is 2. The van der Waals surface area contributed by atoms with Gasteiger partial charge in [-0.15, -0.1) is 0 Å². The molecule has 0 spiro atoms. The molecule has 0 fully saturated rings. The van der Waals surface area contributed by atoms with Gasteiger partial charge in [0.05, 0.1) is 0 Å². The fourth-order valence-electron chi connectivity index (χ4n) is 1.71. The summed E-state index contributed by atoms with van der Waals surface area (Å²) in [6.07, 6.45) is 1.51. The zero-order chi connectivity index (χ0) is 14.1. The Bertz CT molecular complexity index is 403. The summed E-state index contributed by atoms with van der Waals surface area (Å²) in [6.45, 7) is 2.26. The maximum atomic E-state index is 11.8. The van der Waals surface area contributed by atoms with E-state index in [2.05, 4.69) is 5.32 Å². The minimum Gasteiger partial charge on any atom is -0.383 e. The molecular weight excluding hydrogens is 242 g/mol. The first kappa shape index (κ1) is 15.4. The summed E-state index contributed by atoms with van der Waals surface area (Å²) >= 11 is 0. The first-order valence-electron chi connectivity index (χ1n) is 6.69. The Morgan fingerprint density at radius 1 is 1.26 bits per heavy atom. The van der Waals surface area contributed by atoms with Crippen molar-refractivity contribution < 1.29 is 14.7 Å². The van der Waals surface area contributed by atoms with Gasteiger partial charge in [0.15, 0.2) is 5.78 Å². The molecule has 0 radical (unpaired) electrons. The summed E-state index contributed by atoms with van der Waals surface area (Å²) in [7, 11) is 0. The van der Waals surface area contributed by atoms with Crippen LogP contribution >= 0.6 is 0 Å². The van der Waals surface area contributed by atoms with Gasteiger partial charge in [-0.25, -0.2) is 0 Å². The number of nitrogens with one attached hydrogen (secondary N) is 1. The van der Waals surface area contributed by atoms with Gasteiger partial charge in [-0.1, -0.05) is 50.1 Å². The van der Waals surface area contributed by atoms with Crippen molar-refractivity contribution in [1.82, 2.24) is 5.32 Å². The van der Waals surface area contributed by atoms with Crippen molar-refractivity contribution in [3.8, 4) is 0 Å². The molecule has 1 unspecified atom stereocenters. The van der Waals surface area contributed by atoms with Gasteiger partial charge in [-0.2, -0.15) is 0 Å². The van der Waals surface area contributed by atoms with E-state index in [1.165, 1.54) is 0 Å². The molecule has 1 aromatic rings. The van der Waals surface area contributed by atoms with Gasteiger partial charge in [0, 0.05) is 18.5 Å². The molecule has 2 N–H and O–H groups in total. The van der Waals surface area contributed by atoms with Crippen LogP contribution in [0.5, 0.6) is 0 Å². The number of hydrogen-bond acceptors (Lipinski definition) is 3. The lowest BCUT2D eigenvalue weighted by Gasteiger charge is -2.10. The second kappa shape index (κ2) is 8.43. The Morgan fingerprint density at radius 3 is 2.58 bits per heavy atom. The molecule has 0 aliphatic rings. The van der Waals surface area contributed by atoms with Crippen LogP contribution in [0.2, 0.25) is 0 Å². The fraction of sp³-hybridized carbons (Fsp3) is 0.467. The summed E-state index contributed by atoms with van der Waals surface area (Å²) in [4.78, 5) is 23.2. The Balaban J connectivity index is 2.27. The summed E-state index contributed by atoms with van der Waals surface area (Å²) < 4.78 is 0.